The number of benzene rings is 1. The van der Waals surface area contributed by atoms with E-state index in [1.807, 2.05) is 37.3 Å². The molecule has 0 spiro atoms. The van der Waals surface area contributed by atoms with E-state index in [0.29, 0.717) is 29.8 Å². The first-order valence-corrected chi connectivity index (χ1v) is 8.80. The SMILES string of the molecule is Cc1oc(-c2ccccc2)nc1CC(=O)NCc1cncn1CC(C)C. The van der Waals surface area contributed by atoms with Crippen LogP contribution in [-0.2, 0) is 24.3 Å². The average molecular weight is 352 g/mol. The van der Waals surface area contributed by atoms with E-state index < -0.39 is 0 Å². The number of hydrogen-bond donors (Lipinski definition) is 1. The Morgan fingerprint density at radius 1 is 1.27 bits per heavy atom. The fourth-order valence-corrected chi connectivity index (χ4v) is 2.75. The summed E-state index contributed by atoms with van der Waals surface area (Å²) >= 11 is 0. The van der Waals surface area contributed by atoms with Gasteiger partial charge in [-0.05, 0) is 25.0 Å². The number of carbonyl (C=O) groups is 1. The van der Waals surface area contributed by atoms with Gasteiger partial charge in [-0.2, -0.15) is 0 Å². The highest BCUT2D eigenvalue weighted by Gasteiger charge is 2.15. The Hall–Kier alpha value is -2.89. The van der Waals surface area contributed by atoms with E-state index in [1.54, 1.807) is 12.5 Å². The summed E-state index contributed by atoms with van der Waals surface area (Å²) in [5, 5.41) is 2.94. The van der Waals surface area contributed by atoms with Gasteiger partial charge < -0.3 is 14.3 Å². The van der Waals surface area contributed by atoms with E-state index >= 15 is 0 Å². The lowest BCUT2D eigenvalue weighted by Crippen LogP contribution is -2.26. The molecule has 6 heteroatoms. The predicted octanol–water partition coefficient (Wildman–Crippen LogP) is 3.36. The van der Waals surface area contributed by atoms with Crippen molar-refractivity contribution in [2.45, 2.75) is 40.3 Å². The van der Waals surface area contributed by atoms with Crippen LogP contribution < -0.4 is 5.32 Å². The van der Waals surface area contributed by atoms with Crippen LogP contribution in [0.5, 0.6) is 0 Å². The van der Waals surface area contributed by atoms with Gasteiger partial charge >= 0.3 is 0 Å². The summed E-state index contributed by atoms with van der Waals surface area (Å²) in [5.41, 5.74) is 2.56. The third-order valence-electron chi connectivity index (χ3n) is 4.07. The van der Waals surface area contributed by atoms with Crippen LogP contribution in [0.4, 0.5) is 0 Å². The van der Waals surface area contributed by atoms with Crippen molar-refractivity contribution in [3.8, 4) is 11.5 Å². The lowest BCUT2D eigenvalue weighted by Gasteiger charge is -2.11. The maximum Gasteiger partial charge on any atom is 0.226 e. The molecule has 0 aliphatic heterocycles. The second-order valence-corrected chi connectivity index (χ2v) is 6.77. The number of oxazole rings is 1. The first-order valence-electron chi connectivity index (χ1n) is 8.80. The molecular weight excluding hydrogens is 328 g/mol. The van der Waals surface area contributed by atoms with Crippen LogP contribution in [0.15, 0.2) is 47.3 Å². The van der Waals surface area contributed by atoms with Crippen LogP contribution >= 0.6 is 0 Å². The van der Waals surface area contributed by atoms with E-state index in [0.717, 1.165) is 17.8 Å². The Balaban J connectivity index is 1.61. The zero-order valence-corrected chi connectivity index (χ0v) is 15.4. The quantitative estimate of drug-likeness (QED) is 0.708. The fourth-order valence-electron chi connectivity index (χ4n) is 2.75. The highest BCUT2D eigenvalue weighted by atomic mass is 16.4. The molecule has 3 rings (SSSR count). The Bertz CT molecular complexity index is 865. The van der Waals surface area contributed by atoms with Crippen molar-refractivity contribution in [1.29, 1.82) is 0 Å². The predicted molar refractivity (Wildman–Crippen MR) is 99.3 cm³/mol. The minimum absolute atomic E-state index is 0.0849. The Morgan fingerprint density at radius 3 is 2.77 bits per heavy atom. The molecule has 2 heterocycles. The Labute approximate surface area is 153 Å². The van der Waals surface area contributed by atoms with Crippen molar-refractivity contribution >= 4 is 5.91 Å². The molecule has 0 bridgehead atoms. The van der Waals surface area contributed by atoms with Crippen molar-refractivity contribution in [3.63, 3.8) is 0 Å². The molecule has 26 heavy (non-hydrogen) atoms. The maximum absolute atomic E-state index is 12.3. The molecule has 0 saturated heterocycles. The number of nitrogens with one attached hydrogen (secondary N) is 1. The smallest absolute Gasteiger partial charge is 0.226 e. The van der Waals surface area contributed by atoms with E-state index in [9.17, 15) is 4.79 Å². The van der Waals surface area contributed by atoms with E-state index in [2.05, 4.69) is 33.7 Å². The van der Waals surface area contributed by atoms with E-state index in [4.69, 9.17) is 4.42 Å². The summed E-state index contributed by atoms with van der Waals surface area (Å²) < 4.78 is 7.78. The third-order valence-corrected chi connectivity index (χ3v) is 4.07. The van der Waals surface area contributed by atoms with Gasteiger partial charge in [0.1, 0.15) is 5.76 Å². The summed E-state index contributed by atoms with van der Waals surface area (Å²) in [6.07, 6.45) is 3.79. The third kappa shape index (κ3) is 4.39. The molecular formula is C20H24N4O2. The van der Waals surface area contributed by atoms with Crippen LogP contribution in [0.25, 0.3) is 11.5 Å². The summed E-state index contributed by atoms with van der Waals surface area (Å²) in [4.78, 5) is 21.0. The normalized spacial score (nSPS) is 11.1. The maximum atomic E-state index is 12.3. The molecule has 0 atom stereocenters. The van der Waals surface area contributed by atoms with Crippen LogP contribution in [0, 0.1) is 12.8 Å². The zero-order chi connectivity index (χ0) is 18.5. The standard InChI is InChI=1S/C20H24N4O2/c1-14(2)12-24-13-21-10-17(24)11-22-19(25)9-18-15(3)26-20(23-18)16-7-5-4-6-8-16/h4-8,10,13-14H,9,11-12H2,1-3H3,(H,22,25). The molecule has 0 fully saturated rings. The molecule has 0 unspecified atom stereocenters. The second kappa shape index (κ2) is 7.99. The Kier molecular flexibility index (Phi) is 5.51. The number of hydrogen-bond acceptors (Lipinski definition) is 4. The van der Waals surface area contributed by atoms with Crippen LogP contribution in [0.2, 0.25) is 0 Å². The zero-order valence-electron chi connectivity index (χ0n) is 15.4. The van der Waals surface area contributed by atoms with Crippen LogP contribution in [0.3, 0.4) is 0 Å². The van der Waals surface area contributed by atoms with Gasteiger partial charge in [0.15, 0.2) is 0 Å². The van der Waals surface area contributed by atoms with E-state index in [-0.39, 0.29) is 12.3 Å². The molecule has 0 aliphatic rings. The topological polar surface area (TPSA) is 73.0 Å². The summed E-state index contributed by atoms with van der Waals surface area (Å²) in [7, 11) is 0. The van der Waals surface area contributed by atoms with Crippen molar-refractivity contribution in [2.24, 2.45) is 5.92 Å². The Morgan fingerprint density at radius 2 is 2.04 bits per heavy atom. The molecule has 136 valence electrons. The summed E-state index contributed by atoms with van der Waals surface area (Å²) in [6.45, 7) is 7.47. The molecule has 1 aromatic carbocycles. The van der Waals surface area contributed by atoms with E-state index in [1.165, 1.54) is 0 Å². The number of carbonyl (C=O) groups excluding carboxylic acids is 1. The second-order valence-electron chi connectivity index (χ2n) is 6.77. The molecule has 0 radical (unpaired) electrons. The number of nitrogens with zero attached hydrogens (tertiary/aromatic N) is 3. The number of rotatable bonds is 7. The van der Waals surface area contributed by atoms with Gasteiger partial charge in [0.05, 0.1) is 30.7 Å². The number of aromatic nitrogens is 3. The average Bonchev–Trinajstić information content (AvgIpc) is 3.20. The van der Waals surface area contributed by atoms with Gasteiger partial charge in [-0.15, -0.1) is 0 Å². The van der Waals surface area contributed by atoms with Gasteiger partial charge in [0, 0.05) is 18.3 Å². The van der Waals surface area contributed by atoms with Crippen molar-refractivity contribution < 1.29 is 9.21 Å². The lowest BCUT2D eigenvalue weighted by atomic mass is 10.2. The number of amides is 1. The highest BCUT2D eigenvalue weighted by Crippen LogP contribution is 2.21. The number of aryl methyl sites for hydroxylation is 1. The van der Waals surface area contributed by atoms with Gasteiger partial charge in [-0.1, -0.05) is 32.0 Å². The molecule has 3 aromatic rings. The largest absolute Gasteiger partial charge is 0.441 e. The first-order chi connectivity index (χ1) is 12.5. The molecule has 1 amide bonds. The fraction of sp³-hybridized carbons (Fsp3) is 0.350. The molecule has 1 N–H and O–H groups in total. The van der Waals surface area contributed by atoms with Gasteiger partial charge in [-0.25, -0.2) is 9.97 Å². The molecule has 2 aromatic heterocycles. The minimum Gasteiger partial charge on any atom is -0.441 e. The van der Waals surface area contributed by atoms with Gasteiger partial charge in [0.25, 0.3) is 0 Å². The van der Waals surface area contributed by atoms with Crippen LogP contribution in [0.1, 0.15) is 31.0 Å². The summed E-state index contributed by atoms with van der Waals surface area (Å²) in [5.74, 6) is 1.65. The highest BCUT2D eigenvalue weighted by molar-refractivity contribution is 5.78. The molecule has 0 aliphatic carbocycles. The monoisotopic (exact) mass is 352 g/mol. The number of imidazole rings is 1. The van der Waals surface area contributed by atoms with Gasteiger partial charge in [-0.3, -0.25) is 4.79 Å². The van der Waals surface area contributed by atoms with Gasteiger partial charge in [0.2, 0.25) is 11.8 Å². The minimum atomic E-state index is -0.0849. The van der Waals surface area contributed by atoms with Crippen molar-refractivity contribution in [1.82, 2.24) is 19.9 Å². The van der Waals surface area contributed by atoms with Crippen molar-refractivity contribution in [2.75, 3.05) is 0 Å². The van der Waals surface area contributed by atoms with Crippen LogP contribution in [-0.4, -0.2) is 20.4 Å². The molecule has 0 saturated carbocycles. The molecule has 6 nitrogen and oxygen atoms in total. The first kappa shape index (κ1) is 17.9. The lowest BCUT2D eigenvalue weighted by molar-refractivity contribution is -0.120. The van der Waals surface area contributed by atoms with Crippen molar-refractivity contribution in [3.05, 3.63) is 60.0 Å². The summed E-state index contributed by atoms with van der Waals surface area (Å²) in [6, 6.07) is 9.68.